The van der Waals surface area contributed by atoms with Crippen molar-refractivity contribution < 1.29 is 33.4 Å². The van der Waals surface area contributed by atoms with Gasteiger partial charge in [-0.2, -0.15) is 0 Å². The lowest BCUT2D eigenvalue weighted by atomic mass is 9.89. The van der Waals surface area contributed by atoms with Crippen LogP contribution in [0.15, 0.2) is 66.7 Å². The number of anilines is 2. The Hall–Kier alpha value is -4.24. The maximum absolute atomic E-state index is 13.9. The van der Waals surface area contributed by atoms with Crippen molar-refractivity contribution in [3.8, 4) is 23.0 Å². The third-order valence-electron chi connectivity index (χ3n) is 6.49. The maximum Gasteiger partial charge on any atom is 0.266 e. The predicted molar refractivity (Wildman–Crippen MR) is 132 cm³/mol. The van der Waals surface area contributed by atoms with Gasteiger partial charge in [0.25, 0.3) is 5.91 Å². The first kappa shape index (κ1) is 23.5. The van der Waals surface area contributed by atoms with Gasteiger partial charge < -0.3 is 18.9 Å². The Balaban J connectivity index is 1.65. The average Bonchev–Trinajstić information content (AvgIpc) is 3.43. The largest absolute Gasteiger partial charge is 0.497 e. The molecule has 0 saturated carbocycles. The number of ether oxygens (including phenoxy) is 4. The fourth-order valence-corrected chi connectivity index (χ4v) is 4.89. The minimum absolute atomic E-state index is 0.376. The van der Waals surface area contributed by atoms with Crippen molar-refractivity contribution in [2.45, 2.75) is 12.1 Å². The van der Waals surface area contributed by atoms with Gasteiger partial charge in [0, 0.05) is 11.6 Å². The van der Waals surface area contributed by atoms with E-state index in [1.165, 1.54) is 33.3 Å². The summed E-state index contributed by atoms with van der Waals surface area (Å²) in [5, 5.41) is 1.61. The zero-order valence-electron chi connectivity index (χ0n) is 20.3. The van der Waals surface area contributed by atoms with E-state index in [0.717, 1.165) is 0 Å². The third-order valence-corrected chi connectivity index (χ3v) is 6.49. The second kappa shape index (κ2) is 9.43. The van der Waals surface area contributed by atoms with Crippen LogP contribution in [0.25, 0.3) is 0 Å². The first-order valence-corrected chi connectivity index (χ1v) is 11.4. The predicted octanol–water partition coefficient (Wildman–Crippen LogP) is 3.77. The number of amides is 2. The number of hydroxylamine groups is 1. The molecule has 9 heteroatoms. The van der Waals surface area contributed by atoms with Gasteiger partial charge in [-0.3, -0.25) is 14.4 Å². The zero-order valence-corrected chi connectivity index (χ0v) is 20.3. The molecule has 2 aliphatic heterocycles. The normalized spacial score (nSPS) is 20.9. The lowest BCUT2D eigenvalue weighted by Gasteiger charge is -2.30. The Bertz CT molecular complexity index is 1300. The molecule has 0 bridgehead atoms. The highest BCUT2D eigenvalue weighted by Crippen LogP contribution is 2.52. The fraction of sp³-hybridized carbons (Fsp3) is 0.259. The van der Waals surface area contributed by atoms with Crippen LogP contribution in [-0.4, -0.2) is 46.4 Å². The quantitative estimate of drug-likeness (QED) is 0.463. The van der Waals surface area contributed by atoms with Gasteiger partial charge in [0.2, 0.25) is 11.7 Å². The van der Waals surface area contributed by atoms with Crippen LogP contribution in [0.5, 0.6) is 23.0 Å². The highest BCUT2D eigenvalue weighted by atomic mass is 16.7. The number of hydrogen-bond donors (Lipinski definition) is 0. The average molecular weight is 491 g/mol. The zero-order chi connectivity index (χ0) is 25.4. The molecule has 0 radical (unpaired) electrons. The fourth-order valence-electron chi connectivity index (χ4n) is 4.89. The van der Waals surface area contributed by atoms with E-state index in [9.17, 15) is 9.59 Å². The summed E-state index contributed by atoms with van der Waals surface area (Å²) in [6.45, 7) is 0. The third kappa shape index (κ3) is 3.59. The van der Waals surface area contributed by atoms with E-state index in [4.69, 9.17) is 23.8 Å². The first-order chi connectivity index (χ1) is 17.5. The minimum atomic E-state index is -1.02. The van der Waals surface area contributed by atoms with Crippen LogP contribution in [0.2, 0.25) is 0 Å². The molecule has 3 aromatic rings. The summed E-state index contributed by atoms with van der Waals surface area (Å²) in [5.74, 6) is 0.139. The van der Waals surface area contributed by atoms with Crippen molar-refractivity contribution in [1.82, 2.24) is 0 Å². The van der Waals surface area contributed by atoms with Crippen LogP contribution in [0, 0.1) is 5.92 Å². The van der Waals surface area contributed by atoms with Gasteiger partial charge in [0.15, 0.2) is 17.6 Å². The number of hydrogen-bond acceptors (Lipinski definition) is 8. The Labute approximate surface area is 208 Å². The Morgan fingerprint density at radius 1 is 0.722 bits per heavy atom. The molecule has 2 saturated heterocycles. The van der Waals surface area contributed by atoms with Gasteiger partial charge in [-0.1, -0.05) is 24.3 Å². The molecular formula is C27H26N2O7. The van der Waals surface area contributed by atoms with Crippen LogP contribution in [-0.2, 0) is 14.4 Å². The van der Waals surface area contributed by atoms with Crippen LogP contribution in [0.4, 0.5) is 11.4 Å². The number of methoxy groups -OCH3 is 4. The highest BCUT2D eigenvalue weighted by Gasteiger charge is 2.61. The SMILES string of the molecule is COc1cccc(N2C(=O)[C@@H]3[C@@H](c4ccc(OC)c(OC)c4OC)N(c4ccccc4)O[C@H]3C2=O)c1. The van der Waals surface area contributed by atoms with E-state index in [1.807, 2.05) is 30.3 Å². The van der Waals surface area contributed by atoms with Gasteiger partial charge in [-0.15, -0.1) is 0 Å². The van der Waals surface area contributed by atoms with Crippen molar-refractivity contribution in [1.29, 1.82) is 0 Å². The maximum atomic E-state index is 13.9. The van der Waals surface area contributed by atoms with Gasteiger partial charge in [0.05, 0.1) is 39.8 Å². The molecule has 2 heterocycles. The summed E-state index contributed by atoms with van der Waals surface area (Å²) >= 11 is 0. The molecule has 2 aliphatic rings. The number of rotatable bonds is 7. The molecule has 0 aromatic heterocycles. The summed E-state index contributed by atoms with van der Waals surface area (Å²) in [5.41, 5.74) is 1.74. The molecule has 2 fully saturated rings. The molecule has 36 heavy (non-hydrogen) atoms. The topological polar surface area (TPSA) is 86.8 Å². The van der Waals surface area contributed by atoms with Gasteiger partial charge in [-0.25, -0.2) is 9.96 Å². The number of carbonyl (C=O) groups is 2. The molecular weight excluding hydrogens is 464 g/mol. The second-order valence-electron chi connectivity index (χ2n) is 8.29. The molecule has 5 rings (SSSR count). The number of nitrogens with zero attached hydrogens (tertiary/aromatic N) is 2. The van der Waals surface area contributed by atoms with Crippen molar-refractivity contribution in [2.24, 2.45) is 5.92 Å². The molecule has 9 nitrogen and oxygen atoms in total. The Morgan fingerprint density at radius 3 is 2.11 bits per heavy atom. The number of carbonyl (C=O) groups excluding carboxylic acids is 2. The summed E-state index contributed by atoms with van der Waals surface area (Å²) in [6, 6.07) is 19.0. The molecule has 0 unspecified atom stereocenters. The molecule has 186 valence electrons. The van der Waals surface area contributed by atoms with Crippen molar-refractivity contribution >= 4 is 23.2 Å². The molecule has 3 aromatic carbocycles. The monoisotopic (exact) mass is 490 g/mol. The minimum Gasteiger partial charge on any atom is -0.497 e. The number of fused-ring (bicyclic) bond motifs is 1. The summed E-state index contributed by atoms with van der Waals surface area (Å²) in [6.07, 6.45) is -1.02. The molecule has 0 aliphatic carbocycles. The van der Waals surface area contributed by atoms with Gasteiger partial charge >= 0.3 is 0 Å². The van der Waals surface area contributed by atoms with Crippen LogP contribution in [0.3, 0.4) is 0 Å². The van der Waals surface area contributed by atoms with E-state index >= 15 is 0 Å². The van der Waals surface area contributed by atoms with E-state index in [0.29, 0.717) is 39.9 Å². The summed E-state index contributed by atoms with van der Waals surface area (Å²) in [4.78, 5) is 34.9. The van der Waals surface area contributed by atoms with Gasteiger partial charge in [-0.05, 0) is 36.4 Å². The Morgan fingerprint density at radius 2 is 1.44 bits per heavy atom. The number of imide groups is 1. The molecule has 2 amide bonds. The number of para-hydroxylation sites is 1. The van der Waals surface area contributed by atoms with E-state index < -0.39 is 24.0 Å². The van der Waals surface area contributed by atoms with E-state index in [1.54, 1.807) is 41.5 Å². The van der Waals surface area contributed by atoms with E-state index in [2.05, 4.69) is 0 Å². The standard InChI is InChI=1S/C27H26N2O7/c1-32-18-12-8-11-17(15-18)28-26(30)21-22(19-13-14-20(33-2)24(35-4)23(19)34-3)29(36-25(21)27(28)31)16-9-6-5-7-10-16/h5-15,21-22,25H,1-4H3/t21-,22-,25-/m1/s1. The Kier molecular flexibility index (Phi) is 6.15. The lowest BCUT2D eigenvalue weighted by Crippen LogP contribution is -2.37. The first-order valence-electron chi connectivity index (χ1n) is 11.4. The van der Waals surface area contributed by atoms with Crippen molar-refractivity contribution in [3.05, 3.63) is 72.3 Å². The van der Waals surface area contributed by atoms with Crippen LogP contribution in [0.1, 0.15) is 11.6 Å². The number of benzene rings is 3. The molecule has 0 N–H and O–H groups in total. The molecule has 3 atom stereocenters. The van der Waals surface area contributed by atoms with Crippen molar-refractivity contribution in [3.63, 3.8) is 0 Å². The second-order valence-corrected chi connectivity index (χ2v) is 8.29. The summed E-state index contributed by atoms with van der Waals surface area (Å²) in [7, 11) is 6.10. The van der Waals surface area contributed by atoms with Crippen molar-refractivity contribution in [2.75, 3.05) is 38.4 Å². The molecule has 0 spiro atoms. The van der Waals surface area contributed by atoms with Crippen LogP contribution < -0.4 is 28.9 Å². The van der Waals surface area contributed by atoms with Crippen LogP contribution >= 0.6 is 0 Å². The van der Waals surface area contributed by atoms with Gasteiger partial charge in [0.1, 0.15) is 17.7 Å². The van der Waals surface area contributed by atoms with E-state index in [-0.39, 0.29) is 5.91 Å². The lowest BCUT2D eigenvalue weighted by molar-refractivity contribution is -0.126. The summed E-state index contributed by atoms with van der Waals surface area (Å²) < 4.78 is 22.1. The smallest absolute Gasteiger partial charge is 0.266 e. The highest BCUT2D eigenvalue weighted by molar-refractivity contribution is 6.24.